The van der Waals surface area contributed by atoms with Gasteiger partial charge in [-0.15, -0.1) is 6.58 Å². The van der Waals surface area contributed by atoms with Crippen LogP contribution >= 0.6 is 0 Å². The lowest BCUT2D eigenvalue weighted by Gasteiger charge is -2.35. The molecule has 0 aliphatic carbocycles. The van der Waals surface area contributed by atoms with E-state index in [0.29, 0.717) is 89.7 Å². The summed E-state index contributed by atoms with van der Waals surface area (Å²) >= 11 is 0. The molecule has 0 radical (unpaired) electrons. The van der Waals surface area contributed by atoms with E-state index in [0.717, 1.165) is 32.1 Å². The van der Waals surface area contributed by atoms with E-state index in [2.05, 4.69) is 36.8 Å². The number of morpholine rings is 1. The maximum Gasteiger partial charge on any atom is 0.281 e. The van der Waals surface area contributed by atoms with Crippen molar-refractivity contribution in [1.29, 1.82) is 0 Å². The van der Waals surface area contributed by atoms with Gasteiger partial charge in [0.05, 0.1) is 18.8 Å². The van der Waals surface area contributed by atoms with Crippen LogP contribution in [-0.2, 0) is 14.3 Å². The van der Waals surface area contributed by atoms with Crippen molar-refractivity contribution < 1.29 is 23.1 Å². The van der Waals surface area contributed by atoms with E-state index in [-0.39, 0.29) is 23.2 Å². The molecule has 0 spiro atoms. The van der Waals surface area contributed by atoms with Crippen molar-refractivity contribution in [3.05, 3.63) is 24.5 Å². The number of nitrogens with zero attached hydrogens (tertiary/aromatic N) is 8. The van der Waals surface area contributed by atoms with Gasteiger partial charge in [0.2, 0.25) is 30.2 Å². The van der Waals surface area contributed by atoms with Crippen LogP contribution in [0.4, 0.5) is 26.6 Å². The van der Waals surface area contributed by atoms with Crippen molar-refractivity contribution in [3.63, 3.8) is 0 Å². The topological polar surface area (TPSA) is 156 Å². The number of halogens is 2. The minimum Gasteiger partial charge on any atom is -0.378 e. The summed E-state index contributed by atoms with van der Waals surface area (Å²) < 4.78 is 33.2. The molecule has 1 atom stereocenters. The van der Waals surface area contributed by atoms with Crippen molar-refractivity contribution in [3.8, 4) is 11.4 Å². The first kappa shape index (κ1) is 31.9. The zero-order chi connectivity index (χ0) is 30.6. The summed E-state index contributed by atoms with van der Waals surface area (Å²) in [6.45, 7) is 8.45. The molecule has 2 aliphatic heterocycles. The Morgan fingerprint density at radius 1 is 1.02 bits per heavy atom. The highest BCUT2D eigenvalue weighted by Gasteiger charge is 2.27. The zero-order valence-electron chi connectivity index (χ0n) is 24.3. The highest BCUT2D eigenvalue weighted by Crippen LogP contribution is 2.30. The smallest absolute Gasteiger partial charge is 0.281 e. The van der Waals surface area contributed by atoms with Crippen LogP contribution in [0.2, 0.25) is 0 Å². The number of nitrogen functional groups attached to an aromatic ring is 1. The van der Waals surface area contributed by atoms with Crippen molar-refractivity contribution in [2.24, 2.45) is 5.92 Å². The molecule has 1 unspecified atom stereocenters. The molecule has 43 heavy (non-hydrogen) atoms. The number of ether oxygens (including phenoxy) is 1. The Morgan fingerprint density at radius 2 is 1.72 bits per heavy atom. The second-order valence-corrected chi connectivity index (χ2v) is 10.5. The van der Waals surface area contributed by atoms with Gasteiger partial charge in [-0.3, -0.25) is 9.59 Å². The Balaban J connectivity index is 1.42. The van der Waals surface area contributed by atoms with Crippen LogP contribution in [0.25, 0.3) is 11.4 Å². The maximum atomic E-state index is 13.9. The molecule has 2 amide bonds. The fraction of sp³-hybridized carbons (Fsp3) is 0.607. The minimum atomic E-state index is -2.90. The van der Waals surface area contributed by atoms with E-state index >= 15 is 0 Å². The van der Waals surface area contributed by atoms with E-state index < -0.39 is 12.1 Å². The average Bonchev–Trinajstić information content (AvgIpc) is 3.03. The summed E-state index contributed by atoms with van der Waals surface area (Å²) in [7, 11) is 0. The molecule has 2 saturated heterocycles. The highest BCUT2D eigenvalue weighted by atomic mass is 19.3. The van der Waals surface area contributed by atoms with Crippen LogP contribution in [-0.4, -0.2) is 101 Å². The predicted octanol–water partition coefficient (Wildman–Crippen LogP) is 2.22. The molecule has 2 aromatic heterocycles. The lowest BCUT2D eigenvalue weighted by Crippen LogP contribution is -2.49. The molecule has 0 bridgehead atoms. The number of alkyl halides is 2. The minimum absolute atomic E-state index is 0.00971. The number of anilines is 3. The Bertz CT molecular complexity index is 1220. The first-order valence-corrected chi connectivity index (χ1v) is 14.7. The zero-order valence-corrected chi connectivity index (χ0v) is 24.3. The van der Waals surface area contributed by atoms with Gasteiger partial charge in [0.15, 0.2) is 5.82 Å². The number of amides is 2. The summed E-state index contributed by atoms with van der Waals surface area (Å²) in [5, 5.41) is 2.72. The highest BCUT2D eigenvalue weighted by molar-refractivity contribution is 5.76. The van der Waals surface area contributed by atoms with Gasteiger partial charge in [-0.05, 0) is 38.0 Å². The molecule has 234 valence electrons. The van der Waals surface area contributed by atoms with Crippen molar-refractivity contribution in [1.82, 2.24) is 35.1 Å². The fourth-order valence-electron chi connectivity index (χ4n) is 5.26. The fourth-order valence-corrected chi connectivity index (χ4v) is 5.26. The second kappa shape index (κ2) is 16.0. The van der Waals surface area contributed by atoms with Crippen LogP contribution in [0.15, 0.2) is 18.9 Å². The molecule has 4 rings (SSSR count). The molecule has 13 nitrogen and oxygen atoms in total. The molecule has 3 N–H and O–H groups in total. The Labute approximate surface area is 249 Å². The Hall–Kier alpha value is -4.01. The quantitative estimate of drug-likeness (QED) is 0.175. The number of nitrogens with two attached hydrogens (primary N) is 1. The van der Waals surface area contributed by atoms with Gasteiger partial charge >= 0.3 is 0 Å². The van der Waals surface area contributed by atoms with Gasteiger partial charge in [0, 0.05) is 58.4 Å². The SMILES string of the molecule is C=CCCC(CCCC(=O)N1CCN(c2nc(-c3cnc(N)nc3C(F)F)nc(N3CCOCC3)n2)CC1)CCNC=O. The molecule has 15 heteroatoms. The van der Waals surface area contributed by atoms with Crippen LogP contribution in [0.1, 0.15) is 50.6 Å². The number of piperazine rings is 1. The molecule has 0 saturated carbocycles. The molecule has 4 heterocycles. The van der Waals surface area contributed by atoms with Crippen LogP contribution in [0, 0.1) is 5.92 Å². The number of allylic oxidation sites excluding steroid dienone is 1. The summed E-state index contributed by atoms with van der Waals surface area (Å²) in [6, 6.07) is 0. The van der Waals surface area contributed by atoms with Gasteiger partial charge in [0.1, 0.15) is 5.69 Å². The number of hydrogen-bond donors (Lipinski definition) is 2. The first-order valence-electron chi connectivity index (χ1n) is 14.7. The van der Waals surface area contributed by atoms with Gasteiger partial charge in [-0.2, -0.15) is 15.0 Å². The summed E-state index contributed by atoms with van der Waals surface area (Å²) in [5.41, 5.74) is 5.02. The van der Waals surface area contributed by atoms with Crippen LogP contribution in [0.3, 0.4) is 0 Å². The summed E-state index contributed by atoms with van der Waals surface area (Å²) in [6.07, 6.45) is 5.83. The molecule has 0 aromatic carbocycles. The lowest BCUT2D eigenvalue weighted by atomic mass is 9.93. The van der Waals surface area contributed by atoms with Gasteiger partial charge in [0.25, 0.3) is 6.43 Å². The summed E-state index contributed by atoms with van der Waals surface area (Å²) in [4.78, 5) is 50.6. The maximum absolute atomic E-state index is 13.9. The number of carbonyl (C=O) groups excluding carboxylic acids is 2. The Morgan fingerprint density at radius 3 is 2.37 bits per heavy atom. The van der Waals surface area contributed by atoms with Crippen LogP contribution in [0.5, 0.6) is 0 Å². The normalized spacial score (nSPS) is 16.3. The molecular formula is C28H40F2N10O3. The van der Waals surface area contributed by atoms with Gasteiger partial charge < -0.3 is 30.5 Å². The van der Waals surface area contributed by atoms with E-state index in [4.69, 9.17) is 10.5 Å². The van der Waals surface area contributed by atoms with Gasteiger partial charge in [-0.1, -0.05) is 6.08 Å². The van der Waals surface area contributed by atoms with E-state index in [9.17, 15) is 18.4 Å². The molecular weight excluding hydrogens is 562 g/mol. The summed E-state index contributed by atoms with van der Waals surface area (Å²) in [5.74, 6) is 0.988. The third-order valence-electron chi connectivity index (χ3n) is 7.67. The molecule has 2 fully saturated rings. The second-order valence-electron chi connectivity index (χ2n) is 10.5. The average molecular weight is 603 g/mol. The van der Waals surface area contributed by atoms with E-state index in [1.165, 1.54) is 6.20 Å². The number of carbonyl (C=O) groups is 2. The number of rotatable bonds is 15. The standard InChI is InChI=1S/C28H40F2N10O3/c1-2-3-5-20(8-9-32-19-41)6-4-7-22(42)38-10-12-39(13-11-38)27-35-25(21-18-33-26(31)34-23(21)24(29)30)36-28(37-27)40-14-16-43-17-15-40/h2,18-20,24H,1,3-17H2,(H,32,41)(H2,31,33,34). The number of aromatic nitrogens is 5. The Kier molecular flexibility index (Phi) is 11.9. The number of hydrogen-bond acceptors (Lipinski definition) is 11. The van der Waals surface area contributed by atoms with Crippen molar-refractivity contribution in [2.75, 3.05) is 74.6 Å². The first-order chi connectivity index (χ1) is 20.9. The number of nitrogens with one attached hydrogen (secondary N) is 1. The van der Waals surface area contributed by atoms with E-state index in [1.807, 2.05) is 20.8 Å². The van der Waals surface area contributed by atoms with Crippen LogP contribution < -0.4 is 20.9 Å². The molecule has 2 aliphatic rings. The van der Waals surface area contributed by atoms with Crippen molar-refractivity contribution in [2.45, 2.75) is 45.0 Å². The predicted molar refractivity (Wildman–Crippen MR) is 158 cm³/mol. The largest absolute Gasteiger partial charge is 0.378 e. The monoisotopic (exact) mass is 602 g/mol. The third kappa shape index (κ3) is 8.99. The third-order valence-corrected chi connectivity index (χ3v) is 7.67. The van der Waals surface area contributed by atoms with E-state index in [1.54, 1.807) is 0 Å². The van der Waals surface area contributed by atoms with Crippen molar-refractivity contribution >= 4 is 30.2 Å². The lowest BCUT2D eigenvalue weighted by molar-refractivity contribution is -0.131. The molecule has 2 aromatic rings. The van der Waals surface area contributed by atoms with Gasteiger partial charge in [-0.25, -0.2) is 18.7 Å².